The molecule has 118 valence electrons. The normalized spacial score (nSPS) is 23.8. The van der Waals surface area contributed by atoms with Gasteiger partial charge in [0.2, 0.25) is 0 Å². The van der Waals surface area contributed by atoms with Gasteiger partial charge in [-0.25, -0.2) is 0 Å². The summed E-state index contributed by atoms with van der Waals surface area (Å²) in [6.07, 6.45) is 5.89. The number of hydrogen-bond donors (Lipinski definition) is 2. The van der Waals surface area contributed by atoms with Gasteiger partial charge in [0.25, 0.3) is 0 Å². The van der Waals surface area contributed by atoms with Crippen LogP contribution in [0.25, 0.3) is 0 Å². The predicted octanol–water partition coefficient (Wildman–Crippen LogP) is 3.64. The van der Waals surface area contributed by atoms with E-state index >= 15 is 0 Å². The Bertz CT molecular complexity index is 402. The first-order chi connectivity index (χ1) is 10.2. The van der Waals surface area contributed by atoms with Crippen LogP contribution in [0.3, 0.4) is 0 Å². The number of aliphatic hydroxyl groups is 1. The summed E-state index contributed by atoms with van der Waals surface area (Å²) in [7, 11) is 0. The summed E-state index contributed by atoms with van der Waals surface area (Å²) < 4.78 is 5.55. The third-order valence-electron chi connectivity index (χ3n) is 4.32. The van der Waals surface area contributed by atoms with Crippen molar-refractivity contribution >= 4 is 11.6 Å². The average molecular weight is 312 g/mol. The molecule has 0 aliphatic heterocycles. The van der Waals surface area contributed by atoms with Gasteiger partial charge in [-0.1, -0.05) is 24.9 Å². The minimum absolute atomic E-state index is 0.305. The summed E-state index contributed by atoms with van der Waals surface area (Å²) in [5.74, 6) is 1.64. The highest BCUT2D eigenvalue weighted by molar-refractivity contribution is 6.30. The number of ether oxygens (including phenoxy) is 1. The maximum absolute atomic E-state index is 9.98. The van der Waals surface area contributed by atoms with E-state index in [-0.39, 0.29) is 0 Å². The topological polar surface area (TPSA) is 41.5 Å². The number of benzene rings is 1. The molecule has 3 nitrogen and oxygen atoms in total. The highest BCUT2D eigenvalue weighted by Gasteiger charge is 2.20. The van der Waals surface area contributed by atoms with Crippen molar-refractivity contribution in [1.82, 2.24) is 5.32 Å². The van der Waals surface area contributed by atoms with Crippen molar-refractivity contribution in [3.05, 3.63) is 29.3 Å². The lowest BCUT2D eigenvalue weighted by atomic mass is 9.84. The second-order valence-electron chi connectivity index (χ2n) is 5.95. The molecule has 1 aromatic rings. The van der Waals surface area contributed by atoms with Gasteiger partial charge in [-0.2, -0.15) is 0 Å². The Morgan fingerprint density at radius 1 is 1.24 bits per heavy atom. The molecule has 1 aliphatic rings. The maximum atomic E-state index is 9.98. The Balaban J connectivity index is 1.61. The Hall–Kier alpha value is -0.770. The largest absolute Gasteiger partial charge is 0.491 e. The fraction of sp³-hybridized carbons (Fsp3) is 0.647. The van der Waals surface area contributed by atoms with Gasteiger partial charge in [0, 0.05) is 17.6 Å². The van der Waals surface area contributed by atoms with Crippen LogP contribution in [-0.4, -0.2) is 30.4 Å². The molecular formula is C17H26ClNO2. The summed E-state index contributed by atoms with van der Waals surface area (Å²) in [5.41, 5.74) is 0. The molecule has 1 unspecified atom stereocenters. The molecule has 0 bridgehead atoms. The zero-order valence-corrected chi connectivity index (χ0v) is 13.5. The number of nitrogens with one attached hydrogen (secondary N) is 1. The van der Waals surface area contributed by atoms with Crippen molar-refractivity contribution < 1.29 is 9.84 Å². The Kier molecular flexibility index (Phi) is 6.81. The van der Waals surface area contributed by atoms with Gasteiger partial charge in [0.15, 0.2) is 0 Å². The van der Waals surface area contributed by atoms with Gasteiger partial charge in [-0.05, 0) is 55.9 Å². The molecule has 0 heterocycles. The lowest BCUT2D eigenvalue weighted by Crippen LogP contribution is -2.39. The second-order valence-corrected chi connectivity index (χ2v) is 6.39. The number of halogens is 1. The third-order valence-corrected chi connectivity index (χ3v) is 4.57. The van der Waals surface area contributed by atoms with Crippen LogP contribution >= 0.6 is 11.6 Å². The van der Waals surface area contributed by atoms with E-state index in [9.17, 15) is 5.11 Å². The molecule has 1 aliphatic carbocycles. The number of aliphatic hydroxyl groups excluding tert-OH is 1. The molecule has 0 saturated heterocycles. The van der Waals surface area contributed by atoms with E-state index in [0.717, 1.165) is 11.7 Å². The highest BCUT2D eigenvalue weighted by atomic mass is 35.5. The molecule has 0 radical (unpaired) electrons. The van der Waals surface area contributed by atoms with E-state index in [0.29, 0.717) is 24.2 Å². The smallest absolute Gasteiger partial charge is 0.119 e. The fourth-order valence-corrected chi connectivity index (χ4v) is 2.99. The Labute approximate surface area is 132 Å². The zero-order valence-electron chi connectivity index (χ0n) is 12.7. The van der Waals surface area contributed by atoms with Crippen molar-refractivity contribution in [3.63, 3.8) is 0 Å². The number of hydrogen-bond acceptors (Lipinski definition) is 3. The molecule has 0 aromatic heterocycles. The van der Waals surface area contributed by atoms with Crippen LogP contribution in [0.4, 0.5) is 0 Å². The highest BCUT2D eigenvalue weighted by Crippen LogP contribution is 2.26. The van der Waals surface area contributed by atoms with E-state index < -0.39 is 6.10 Å². The van der Waals surface area contributed by atoms with Crippen molar-refractivity contribution in [3.8, 4) is 5.75 Å². The minimum atomic E-state index is -0.482. The SMILES string of the molecule is CCC1CCC(NCC(O)COc2ccc(Cl)cc2)CC1. The minimum Gasteiger partial charge on any atom is -0.491 e. The molecule has 4 heteroatoms. The monoisotopic (exact) mass is 311 g/mol. The van der Waals surface area contributed by atoms with Crippen LogP contribution in [-0.2, 0) is 0 Å². The van der Waals surface area contributed by atoms with Crippen molar-refractivity contribution in [2.24, 2.45) is 5.92 Å². The van der Waals surface area contributed by atoms with E-state index in [2.05, 4.69) is 12.2 Å². The molecule has 2 N–H and O–H groups in total. The molecule has 0 spiro atoms. The van der Waals surface area contributed by atoms with Crippen LogP contribution < -0.4 is 10.1 Å². The molecule has 1 saturated carbocycles. The van der Waals surface area contributed by atoms with Crippen LogP contribution in [0.2, 0.25) is 5.02 Å². The van der Waals surface area contributed by atoms with Gasteiger partial charge < -0.3 is 15.2 Å². The zero-order chi connectivity index (χ0) is 15.1. The standard InChI is InChI=1S/C17H26ClNO2/c1-2-13-3-7-15(8-4-13)19-11-16(20)12-21-17-9-5-14(18)6-10-17/h5-6,9-10,13,15-16,19-20H,2-4,7-8,11-12H2,1H3. The van der Waals surface area contributed by atoms with Crippen molar-refractivity contribution in [2.75, 3.05) is 13.2 Å². The van der Waals surface area contributed by atoms with E-state index in [1.54, 1.807) is 12.1 Å². The molecular weight excluding hydrogens is 286 g/mol. The van der Waals surface area contributed by atoms with Crippen LogP contribution in [0.1, 0.15) is 39.0 Å². The first-order valence-corrected chi connectivity index (χ1v) is 8.35. The van der Waals surface area contributed by atoms with E-state index in [1.165, 1.54) is 32.1 Å². The summed E-state index contributed by atoms with van der Waals surface area (Å²) >= 11 is 5.82. The van der Waals surface area contributed by atoms with Gasteiger partial charge in [-0.15, -0.1) is 0 Å². The van der Waals surface area contributed by atoms with E-state index in [4.69, 9.17) is 16.3 Å². The second kappa shape index (κ2) is 8.62. The summed E-state index contributed by atoms with van der Waals surface area (Å²) in [4.78, 5) is 0. The summed E-state index contributed by atoms with van der Waals surface area (Å²) in [6, 6.07) is 7.75. The van der Waals surface area contributed by atoms with Crippen LogP contribution in [0.5, 0.6) is 5.75 Å². The van der Waals surface area contributed by atoms with Crippen LogP contribution in [0.15, 0.2) is 24.3 Å². The van der Waals surface area contributed by atoms with Gasteiger partial charge in [-0.3, -0.25) is 0 Å². The molecule has 2 rings (SSSR count). The average Bonchev–Trinajstić information content (AvgIpc) is 2.53. The molecule has 21 heavy (non-hydrogen) atoms. The van der Waals surface area contributed by atoms with Gasteiger partial charge in [0.05, 0.1) is 0 Å². The number of rotatable bonds is 7. The predicted molar refractivity (Wildman–Crippen MR) is 87.0 cm³/mol. The fourth-order valence-electron chi connectivity index (χ4n) is 2.86. The van der Waals surface area contributed by atoms with Crippen LogP contribution in [0, 0.1) is 5.92 Å². The molecule has 1 aromatic carbocycles. The van der Waals surface area contributed by atoms with Crippen molar-refractivity contribution in [2.45, 2.75) is 51.2 Å². The van der Waals surface area contributed by atoms with Gasteiger partial charge >= 0.3 is 0 Å². The molecule has 1 fully saturated rings. The quantitative estimate of drug-likeness (QED) is 0.808. The third kappa shape index (κ3) is 5.85. The lowest BCUT2D eigenvalue weighted by molar-refractivity contribution is 0.101. The first-order valence-electron chi connectivity index (χ1n) is 7.97. The Morgan fingerprint density at radius 2 is 1.90 bits per heavy atom. The molecule has 0 amide bonds. The first kappa shape index (κ1) is 16.6. The van der Waals surface area contributed by atoms with E-state index in [1.807, 2.05) is 12.1 Å². The van der Waals surface area contributed by atoms with Crippen molar-refractivity contribution in [1.29, 1.82) is 0 Å². The lowest BCUT2D eigenvalue weighted by Gasteiger charge is -2.29. The maximum Gasteiger partial charge on any atom is 0.119 e. The Morgan fingerprint density at radius 3 is 2.52 bits per heavy atom. The summed E-state index contributed by atoms with van der Waals surface area (Å²) in [6.45, 7) is 3.17. The molecule has 1 atom stereocenters. The summed E-state index contributed by atoms with van der Waals surface area (Å²) in [5, 5.41) is 14.1. The van der Waals surface area contributed by atoms with Gasteiger partial charge in [0.1, 0.15) is 18.5 Å².